The number of fused-ring (bicyclic) bond motifs is 1. The number of rotatable bonds is 4. The molecule has 1 aliphatic rings. The number of hydrogen-bond acceptors (Lipinski definition) is 2. The van der Waals surface area contributed by atoms with Crippen LogP contribution in [-0.2, 0) is 4.79 Å². The van der Waals surface area contributed by atoms with E-state index in [1.54, 1.807) is 0 Å². The number of aliphatic carboxylic acids is 1. The quantitative estimate of drug-likeness (QED) is 0.865. The van der Waals surface area contributed by atoms with Crippen LogP contribution in [0.2, 0.25) is 0 Å². The summed E-state index contributed by atoms with van der Waals surface area (Å²) in [6, 6.07) is 13.5. The minimum absolute atomic E-state index is 0.366. The SMILES string of the molecule is O=C(O)C(NC1CC1)c1cccc2ccccc12. The lowest BCUT2D eigenvalue weighted by molar-refractivity contribution is -0.139. The minimum Gasteiger partial charge on any atom is -0.480 e. The van der Waals surface area contributed by atoms with Crippen molar-refractivity contribution in [1.29, 1.82) is 0 Å². The average Bonchev–Trinajstić information content (AvgIpc) is 3.19. The van der Waals surface area contributed by atoms with Gasteiger partial charge >= 0.3 is 5.97 Å². The van der Waals surface area contributed by atoms with E-state index in [1.807, 2.05) is 42.5 Å². The molecule has 0 aromatic heterocycles. The number of hydrogen-bond donors (Lipinski definition) is 2. The van der Waals surface area contributed by atoms with Crippen molar-refractivity contribution in [3.8, 4) is 0 Å². The molecule has 3 rings (SSSR count). The molecule has 3 nitrogen and oxygen atoms in total. The van der Waals surface area contributed by atoms with Crippen molar-refractivity contribution in [1.82, 2.24) is 5.32 Å². The molecule has 0 heterocycles. The molecular weight excluding hydrogens is 226 g/mol. The first-order chi connectivity index (χ1) is 8.75. The van der Waals surface area contributed by atoms with Crippen LogP contribution in [0, 0.1) is 0 Å². The summed E-state index contributed by atoms with van der Waals surface area (Å²) in [6.07, 6.45) is 2.16. The summed E-state index contributed by atoms with van der Waals surface area (Å²) in [6.45, 7) is 0. The highest BCUT2D eigenvalue weighted by atomic mass is 16.4. The minimum atomic E-state index is -0.807. The van der Waals surface area contributed by atoms with Crippen LogP contribution in [-0.4, -0.2) is 17.1 Å². The van der Waals surface area contributed by atoms with Gasteiger partial charge in [-0.2, -0.15) is 0 Å². The molecular formula is C15H15NO2. The third kappa shape index (κ3) is 2.09. The Morgan fingerprint density at radius 2 is 1.89 bits per heavy atom. The maximum Gasteiger partial charge on any atom is 0.325 e. The van der Waals surface area contributed by atoms with E-state index >= 15 is 0 Å². The van der Waals surface area contributed by atoms with Gasteiger partial charge in [-0.15, -0.1) is 0 Å². The van der Waals surface area contributed by atoms with Gasteiger partial charge in [-0.3, -0.25) is 10.1 Å². The van der Waals surface area contributed by atoms with Gasteiger partial charge in [0, 0.05) is 6.04 Å². The molecule has 0 spiro atoms. The summed E-state index contributed by atoms with van der Waals surface area (Å²) >= 11 is 0. The molecule has 1 atom stereocenters. The van der Waals surface area contributed by atoms with E-state index in [-0.39, 0.29) is 0 Å². The number of benzene rings is 2. The first-order valence-corrected chi connectivity index (χ1v) is 6.22. The highest BCUT2D eigenvalue weighted by Gasteiger charge is 2.29. The Hall–Kier alpha value is -1.87. The summed E-state index contributed by atoms with van der Waals surface area (Å²) in [7, 11) is 0. The Balaban J connectivity index is 2.07. The molecule has 0 amide bonds. The molecule has 2 aromatic rings. The second-order valence-electron chi connectivity index (χ2n) is 4.78. The Bertz CT molecular complexity index is 585. The third-order valence-electron chi connectivity index (χ3n) is 3.36. The van der Waals surface area contributed by atoms with Crippen LogP contribution >= 0.6 is 0 Å². The number of nitrogens with one attached hydrogen (secondary N) is 1. The lowest BCUT2D eigenvalue weighted by Crippen LogP contribution is -2.30. The predicted octanol–water partition coefficient (Wildman–Crippen LogP) is 2.72. The molecule has 2 N–H and O–H groups in total. The predicted molar refractivity (Wildman–Crippen MR) is 70.5 cm³/mol. The van der Waals surface area contributed by atoms with Crippen LogP contribution in [0.5, 0.6) is 0 Å². The van der Waals surface area contributed by atoms with E-state index in [1.165, 1.54) is 0 Å². The van der Waals surface area contributed by atoms with E-state index in [2.05, 4.69) is 5.32 Å². The molecule has 0 aliphatic heterocycles. The Morgan fingerprint density at radius 3 is 2.61 bits per heavy atom. The second-order valence-corrected chi connectivity index (χ2v) is 4.78. The topological polar surface area (TPSA) is 49.3 Å². The summed E-state index contributed by atoms with van der Waals surface area (Å²) in [5.74, 6) is -0.807. The van der Waals surface area contributed by atoms with Crippen molar-refractivity contribution >= 4 is 16.7 Å². The normalized spacial score (nSPS) is 16.7. The molecule has 1 fully saturated rings. The second kappa shape index (κ2) is 4.42. The van der Waals surface area contributed by atoms with Crippen molar-refractivity contribution < 1.29 is 9.90 Å². The standard InChI is InChI=1S/C15H15NO2/c17-15(18)14(16-11-8-9-11)13-7-3-5-10-4-1-2-6-12(10)13/h1-7,11,14,16H,8-9H2,(H,17,18). The van der Waals surface area contributed by atoms with Crippen LogP contribution in [0.3, 0.4) is 0 Å². The van der Waals surface area contributed by atoms with E-state index in [0.29, 0.717) is 6.04 Å². The molecule has 2 aromatic carbocycles. The van der Waals surface area contributed by atoms with Crippen molar-refractivity contribution in [3.63, 3.8) is 0 Å². The van der Waals surface area contributed by atoms with Gasteiger partial charge in [-0.05, 0) is 29.2 Å². The molecule has 92 valence electrons. The first-order valence-electron chi connectivity index (χ1n) is 6.22. The third-order valence-corrected chi connectivity index (χ3v) is 3.36. The highest BCUT2D eigenvalue weighted by Crippen LogP contribution is 2.28. The molecule has 1 saturated carbocycles. The number of carbonyl (C=O) groups is 1. The smallest absolute Gasteiger partial charge is 0.325 e. The van der Waals surface area contributed by atoms with Gasteiger partial charge in [0.1, 0.15) is 6.04 Å². The Kier molecular flexibility index (Phi) is 2.76. The van der Waals surface area contributed by atoms with E-state index < -0.39 is 12.0 Å². The molecule has 1 aliphatic carbocycles. The van der Waals surface area contributed by atoms with Gasteiger partial charge in [0.15, 0.2) is 0 Å². The van der Waals surface area contributed by atoms with E-state index in [9.17, 15) is 9.90 Å². The monoisotopic (exact) mass is 241 g/mol. The molecule has 0 bridgehead atoms. The fraction of sp³-hybridized carbons (Fsp3) is 0.267. The Morgan fingerprint density at radius 1 is 1.17 bits per heavy atom. The summed E-state index contributed by atoms with van der Waals surface area (Å²) in [5, 5.41) is 14.7. The highest BCUT2D eigenvalue weighted by molar-refractivity contribution is 5.90. The zero-order chi connectivity index (χ0) is 12.5. The fourth-order valence-corrected chi connectivity index (χ4v) is 2.28. The van der Waals surface area contributed by atoms with Crippen molar-refractivity contribution in [2.24, 2.45) is 0 Å². The van der Waals surface area contributed by atoms with E-state index in [4.69, 9.17) is 0 Å². The summed E-state index contributed by atoms with van der Waals surface area (Å²) in [4.78, 5) is 11.4. The van der Waals surface area contributed by atoms with Gasteiger partial charge in [-0.25, -0.2) is 0 Å². The summed E-state index contributed by atoms with van der Waals surface area (Å²) < 4.78 is 0. The van der Waals surface area contributed by atoms with Crippen LogP contribution in [0.25, 0.3) is 10.8 Å². The molecule has 3 heteroatoms. The number of carboxylic acid groups (broad SMARTS) is 1. The lowest BCUT2D eigenvalue weighted by Gasteiger charge is -2.16. The van der Waals surface area contributed by atoms with Gasteiger partial charge in [0.05, 0.1) is 0 Å². The maximum atomic E-state index is 11.4. The Labute approximate surface area is 105 Å². The van der Waals surface area contributed by atoms with Gasteiger partial charge < -0.3 is 5.11 Å². The van der Waals surface area contributed by atoms with Crippen molar-refractivity contribution in [2.45, 2.75) is 24.9 Å². The van der Waals surface area contributed by atoms with Crippen molar-refractivity contribution in [3.05, 3.63) is 48.0 Å². The lowest BCUT2D eigenvalue weighted by atomic mass is 9.98. The zero-order valence-electron chi connectivity index (χ0n) is 9.97. The summed E-state index contributed by atoms with van der Waals surface area (Å²) in [5.41, 5.74) is 0.854. The average molecular weight is 241 g/mol. The molecule has 1 unspecified atom stereocenters. The van der Waals surface area contributed by atoms with E-state index in [0.717, 1.165) is 29.2 Å². The van der Waals surface area contributed by atoms with Gasteiger partial charge in [-0.1, -0.05) is 42.5 Å². The first kappa shape index (κ1) is 11.2. The molecule has 18 heavy (non-hydrogen) atoms. The van der Waals surface area contributed by atoms with Crippen LogP contribution in [0.15, 0.2) is 42.5 Å². The largest absolute Gasteiger partial charge is 0.480 e. The maximum absolute atomic E-state index is 11.4. The van der Waals surface area contributed by atoms with Crippen LogP contribution in [0.1, 0.15) is 24.4 Å². The van der Waals surface area contributed by atoms with Crippen LogP contribution < -0.4 is 5.32 Å². The van der Waals surface area contributed by atoms with Gasteiger partial charge in [0.2, 0.25) is 0 Å². The number of carboxylic acids is 1. The molecule has 0 saturated heterocycles. The van der Waals surface area contributed by atoms with Crippen molar-refractivity contribution in [2.75, 3.05) is 0 Å². The van der Waals surface area contributed by atoms with Gasteiger partial charge in [0.25, 0.3) is 0 Å². The zero-order valence-corrected chi connectivity index (χ0v) is 9.97. The fourth-order valence-electron chi connectivity index (χ4n) is 2.28. The molecule has 0 radical (unpaired) electrons. The van der Waals surface area contributed by atoms with Crippen LogP contribution in [0.4, 0.5) is 0 Å².